The lowest BCUT2D eigenvalue weighted by Gasteiger charge is -1.98. The molecule has 0 spiro atoms. The molecule has 0 saturated heterocycles. The number of hydrogen-bond acceptors (Lipinski definition) is 3. The molecule has 0 aromatic rings. The van der Waals surface area contributed by atoms with Gasteiger partial charge >= 0.3 is 16.5 Å². The zero-order chi connectivity index (χ0) is 6.57. The van der Waals surface area contributed by atoms with Crippen molar-refractivity contribution < 1.29 is 14.0 Å². The van der Waals surface area contributed by atoms with Crippen LogP contribution < -0.4 is 0 Å². The number of hydrogen-bond donors (Lipinski definition) is 0. The molecule has 43 valence electrons. The number of esters is 1. The van der Waals surface area contributed by atoms with Crippen molar-refractivity contribution in [2.24, 2.45) is 0 Å². The van der Waals surface area contributed by atoms with Crippen LogP contribution in [0.15, 0.2) is 12.3 Å². The van der Waals surface area contributed by atoms with Gasteiger partial charge in [-0.1, -0.05) is 6.58 Å². The van der Waals surface area contributed by atoms with Crippen molar-refractivity contribution in [1.82, 2.24) is 0 Å². The van der Waals surface area contributed by atoms with Crippen LogP contribution in [0.5, 0.6) is 0 Å². The van der Waals surface area contributed by atoms with Gasteiger partial charge in [0, 0.05) is 0 Å². The zero-order valence-corrected chi connectivity index (χ0v) is 5.43. The van der Waals surface area contributed by atoms with Gasteiger partial charge in [0.25, 0.3) is 0 Å². The standard InChI is InChI=1S/C4H5O3Si/c1-3(7-8)4(5)6-2/h1H2,2H3. The van der Waals surface area contributed by atoms with Crippen molar-refractivity contribution in [2.75, 3.05) is 7.11 Å². The first-order valence-corrected chi connectivity index (χ1v) is 2.24. The van der Waals surface area contributed by atoms with Crippen LogP contribution in [0.3, 0.4) is 0 Å². The Hall–Kier alpha value is -0.773. The van der Waals surface area contributed by atoms with Crippen LogP contribution in [0.4, 0.5) is 0 Å². The molecular formula is C4H5O3Si. The summed E-state index contributed by atoms with van der Waals surface area (Å²) in [6, 6.07) is 0. The quantitative estimate of drug-likeness (QED) is 0.224. The van der Waals surface area contributed by atoms with E-state index in [1.54, 1.807) is 0 Å². The maximum Gasteiger partial charge on any atom is 0.371 e. The molecule has 0 amide bonds. The van der Waals surface area contributed by atoms with E-state index >= 15 is 0 Å². The number of methoxy groups -OCH3 is 1. The van der Waals surface area contributed by atoms with E-state index in [4.69, 9.17) is 0 Å². The molecule has 0 aliphatic carbocycles. The summed E-state index contributed by atoms with van der Waals surface area (Å²) in [6.07, 6.45) is 0. The molecule has 0 aromatic heterocycles. The third kappa shape index (κ3) is 1.79. The highest BCUT2D eigenvalue weighted by atomic mass is 28.2. The molecule has 0 heterocycles. The van der Waals surface area contributed by atoms with E-state index in [0.717, 1.165) is 0 Å². The largest absolute Gasteiger partial charge is 0.536 e. The summed E-state index contributed by atoms with van der Waals surface area (Å²) in [5.74, 6) is -0.649. The number of ether oxygens (including phenoxy) is 1. The van der Waals surface area contributed by atoms with Gasteiger partial charge in [-0.05, 0) is 0 Å². The van der Waals surface area contributed by atoms with E-state index in [1.807, 2.05) is 0 Å². The van der Waals surface area contributed by atoms with Crippen LogP contribution in [-0.4, -0.2) is 23.6 Å². The third-order valence-corrected chi connectivity index (χ3v) is 0.783. The molecule has 4 heteroatoms. The van der Waals surface area contributed by atoms with Gasteiger partial charge in [0.05, 0.1) is 7.11 Å². The van der Waals surface area contributed by atoms with E-state index in [1.165, 1.54) is 7.11 Å². The molecule has 0 saturated carbocycles. The summed E-state index contributed by atoms with van der Waals surface area (Å²) >= 11 is 0. The van der Waals surface area contributed by atoms with E-state index in [2.05, 4.69) is 26.2 Å². The smallest absolute Gasteiger partial charge is 0.371 e. The first-order valence-electron chi connectivity index (χ1n) is 1.83. The van der Waals surface area contributed by atoms with Crippen LogP contribution in [0.2, 0.25) is 0 Å². The molecule has 3 radical (unpaired) electrons. The average molecular weight is 129 g/mol. The first kappa shape index (κ1) is 7.23. The first-order chi connectivity index (χ1) is 3.72. The minimum Gasteiger partial charge on any atom is -0.536 e. The molecular weight excluding hydrogens is 124 g/mol. The summed E-state index contributed by atoms with van der Waals surface area (Å²) in [4.78, 5) is 10.3. The summed E-state index contributed by atoms with van der Waals surface area (Å²) in [7, 11) is 3.85. The lowest BCUT2D eigenvalue weighted by molar-refractivity contribution is -0.138. The van der Waals surface area contributed by atoms with E-state index in [9.17, 15) is 4.79 Å². The Kier molecular flexibility index (Phi) is 2.94. The minimum absolute atomic E-state index is 0.0656. The predicted octanol–water partition coefficient (Wildman–Crippen LogP) is -0.227. The molecule has 0 bridgehead atoms. The summed E-state index contributed by atoms with van der Waals surface area (Å²) in [5, 5.41) is 0. The second kappa shape index (κ2) is 3.26. The predicted molar refractivity (Wildman–Crippen MR) is 28.0 cm³/mol. The molecule has 0 fully saturated rings. The van der Waals surface area contributed by atoms with Gasteiger partial charge in [-0.2, -0.15) is 0 Å². The van der Waals surface area contributed by atoms with E-state index in [-0.39, 0.29) is 5.76 Å². The maximum absolute atomic E-state index is 10.3. The fourth-order valence-electron chi connectivity index (χ4n) is 0.156. The molecule has 0 N–H and O–H groups in total. The Morgan fingerprint density at radius 2 is 2.25 bits per heavy atom. The van der Waals surface area contributed by atoms with E-state index in [0.29, 0.717) is 0 Å². The van der Waals surface area contributed by atoms with Crippen LogP contribution in [-0.2, 0) is 14.0 Å². The summed E-state index contributed by atoms with van der Waals surface area (Å²) < 4.78 is 8.45. The second-order valence-electron chi connectivity index (χ2n) is 1.02. The SMILES string of the molecule is C=C(O[Si])C(=O)OC. The average Bonchev–Trinajstić information content (AvgIpc) is 1.84. The lowest BCUT2D eigenvalue weighted by Crippen LogP contribution is -2.04. The van der Waals surface area contributed by atoms with Crippen molar-refractivity contribution in [3.05, 3.63) is 12.3 Å². The van der Waals surface area contributed by atoms with Crippen molar-refractivity contribution in [2.45, 2.75) is 0 Å². The fraction of sp³-hybridized carbons (Fsp3) is 0.250. The van der Waals surface area contributed by atoms with Crippen molar-refractivity contribution >= 4 is 16.5 Å². The summed E-state index contributed by atoms with van der Waals surface area (Å²) in [6.45, 7) is 3.20. The Morgan fingerprint density at radius 3 is 2.38 bits per heavy atom. The Morgan fingerprint density at radius 1 is 1.75 bits per heavy atom. The van der Waals surface area contributed by atoms with Gasteiger partial charge in [-0.25, -0.2) is 4.79 Å². The van der Waals surface area contributed by atoms with Crippen molar-refractivity contribution in [3.8, 4) is 0 Å². The zero-order valence-electron chi connectivity index (χ0n) is 4.43. The van der Waals surface area contributed by atoms with Crippen LogP contribution >= 0.6 is 0 Å². The van der Waals surface area contributed by atoms with Crippen LogP contribution in [0.1, 0.15) is 0 Å². The Bertz CT molecular complexity index is 95.9. The van der Waals surface area contributed by atoms with Crippen LogP contribution in [0, 0.1) is 0 Å². The normalized spacial score (nSPS) is 7.75. The van der Waals surface area contributed by atoms with Crippen LogP contribution in [0.25, 0.3) is 0 Å². The number of rotatable bonds is 2. The van der Waals surface area contributed by atoms with Gasteiger partial charge in [0.15, 0.2) is 5.76 Å². The maximum atomic E-state index is 10.3. The topological polar surface area (TPSA) is 35.5 Å². The highest BCUT2D eigenvalue weighted by Gasteiger charge is 2.02. The molecule has 3 nitrogen and oxygen atoms in total. The molecule has 0 aliphatic heterocycles. The molecule has 0 atom stereocenters. The molecule has 0 aliphatic rings. The molecule has 0 unspecified atom stereocenters. The molecule has 8 heavy (non-hydrogen) atoms. The lowest BCUT2D eigenvalue weighted by atomic mass is 10.6. The highest BCUT2D eigenvalue weighted by Crippen LogP contribution is 1.90. The number of carbonyl (C=O) groups excluding carboxylic acids is 1. The van der Waals surface area contributed by atoms with E-state index < -0.39 is 5.97 Å². The Labute approximate surface area is 50.8 Å². The van der Waals surface area contributed by atoms with Crippen molar-refractivity contribution in [3.63, 3.8) is 0 Å². The molecule has 0 aromatic carbocycles. The monoisotopic (exact) mass is 129 g/mol. The number of carbonyl (C=O) groups is 1. The minimum atomic E-state index is -0.583. The van der Waals surface area contributed by atoms with Gasteiger partial charge in [0.2, 0.25) is 0 Å². The van der Waals surface area contributed by atoms with Gasteiger partial charge in [-0.15, -0.1) is 0 Å². The third-order valence-electron chi connectivity index (χ3n) is 0.536. The van der Waals surface area contributed by atoms with Gasteiger partial charge in [-0.3, -0.25) is 0 Å². The fourth-order valence-corrected chi connectivity index (χ4v) is 0.239. The van der Waals surface area contributed by atoms with Crippen molar-refractivity contribution in [1.29, 1.82) is 0 Å². The second-order valence-corrected chi connectivity index (χ2v) is 1.22. The highest BCUT2D eigenvalue weighted by molar-refractivity contribution is 6.02. The van der Waals surface area contributed by atoms with Gasteiger partial charge < -0.3 is 9.16 Å². The molecule has 0 rings (SSSR count). The Balaban J connectivity index is 3.64. The summed E-state index contributed by atoms with van der Waals surface area (Å²) in [5.41, 5.74) is 0. The van der Waals surface area contributed by atoms with Gasteiger partial charge in [0.1, 0.15) is 0 Å².